The highest BCUT2D eigenvalue weighted by Crippen LogP contribution is 2.27. The second-order valence-corrected chi connectivity index (χ2v) is 5.64. The van der Waals surface area contributed by atoms with Gasteiger partial charge in [-0.05, 0) is 25.2 Å². The molecule has 0 radical (unpaired) electrons. The number of aliphatic hydroxyl groups excluding tert-OH is 1. The SMILES string of the molecule is CCCC(O)CNC(=O)CCCC1CCCCC1. The number of nitrogens with one attached hydrogen (secondary N) is 1. The van der Waals surface area contributed by atoms with Crippen molar-refractivity contribution in [3.63, 3.8) is 0 Å². The first-order chi connectivity index (χ1) is 8.72. The molecule has 0 aromatic carbocycles. The second-order valence-electron chi connectivity index (χ2n) is 5.64. The minimum atomic E-state index is -0.378. The smallest absolute Gasteiger partial charge is 0.220 e. The van der Waals surface area contributed by atoms with Gasteiger partial charge in [0.25, 0.3) is 0 Å². The lowest BCUT2D eigenvalue weighted by molar-refractivity contribution is -0.121. The zero-order chi connectivity index (χ0) is 13.2. The normalized spacial score (nSPS) is 18.6. The first-order valence-corrected chi connectivity index (χ1v) is 7.67. The van der Waals surface area contributed by atoms with Crippen LogP contribution in [0.2, 0.25) is 0 Å². The molecule has 1 rings (SSSR count). The minimum Gasteiger partial charge on any atom is -0.391 e. The van der Waals surface area contributed by atoms with E-state index in [-0.39, 0.29) is 12.0 Å². The summed E-state index contributed by atoms with van der Waals surface area (Å²) in [4.78, 5) is 11.6. The predicted octanol–water partition coefficient (Wildman–Crippen LogP) is 3.01. The van der Waals surface area contributed by atoms with Crippen molar-refractivity contribution in [1.29, 1.82) is 0 Å². The molecule has 0 bridgehead atoms. The van der Waals surface area contributed by atoms with Gasteiger partial charge in [0, 0.05) is 13.0 Å². The third kappa shape index (κ3) is 7.00. The maximum Gasteiger partial charge on any atom is 0.220 e. The molecule has 1 aliphatic carbocycles. The van der Waals surface area contributed by atoms with Gasteiger partial charge in [-0.2, -0.15) is 0 Å². The van der Waals surface area contributed by atoms with Crippen LogP contribution < -0.4 is 5.32 Å². The molecule has 0 heterocycles. The van der Waals surface area contributed by atoms with Crippen LogP contribution in [0.3, 0.4) is 0 Å². The van der Waals surface area contributed by atoms with Crippen molar-refractivity contribution >= 4 is 5.91 Å². The van der Waals surface area contributed by atoms with Crippen LogP contribution in [-0.4, -0.2) is 23.7 Å². The Morgan fingerprint density at radius 2 is 2.06 bits per heavy atom. The van der Waals surface area contributed by atoms with Crippen LogP contribution in [0.25, 0.3) is 0 Å². The number of carbonyl (C=O) groups excluding carboxylic acids is 1. The number of hydrogen-bond acceptors (Lipinski definition) is 2. The van der Waals surface area contributed by atoms with Crippen LogP contribution in [0.1, 0.15) is 71.1 Å². The average Bonchev–Trinajstić information content (AvgIpc) is 2.38. The molecular weight excluding hydrogens is 226 g/mol. The molecule has 0 aromatic rings. The zero-order valence-electron chi connectivity index (χ0n) is 11.8. The van der Waals surface area contributed by atoms with Gasteiger partial charge in [0.1, 0.15) is 0 Å². The summed E-state index contributed by atoms with van der Waals surface area (Å²) >= 11 is 0. The lowest BCUT2D eigenvalue weighted by Gasteiger charge is -2.21. The molecule has 0 aromatic heterocycles. The molecule has 18 heavy (non-hydrogen) atoms. The van der Waals surface area contributed by atoms with Gasteiger partial charge in [0.2, 0.25) is 5.91 Å². The van der Waals surface area contributed by atoms with E-state index in [0.29, 0.717) is 13.0 Å². The van der Waals surface area contributed by atoms with Gasteiger partial charge < -0.3 is 10.4 Å². The summed E-state index contributed by atoms with van der Waals surface area (Å²) in [5, 5.41) is 12.3. The minimum absolute atomic E-state index is 0.0981. The first-order valence-electron chi connectivity index (χ1n) is 7.67. The van der Waals surface area contributed by atoms with Crippen LogP contribution in [-0.2, 0) is 4.79 Å². The summed E-state index contributed by atoms with van der Waals surface area (Å²) < 4.78 is 0. The Hall–Kier alpha value is -0.570. The number of hydrogen-bond donors (Lipinski definition) is 2. The maximum atomic E-state index is 11.6. The van der Waals surface area contributed by atoms with Crippen molar-refractivity contribution in [1.82, 2.24) is 5.32 Å². The molecule has 1 saturated carbocycles. The molecule has 3 nitrogen and oxygen atoms in total. The van der Waals surface area contributed by atoms with Crippen LogP contribution in [0, 0.1) is 5.92 Å². The highest BCUT2D eigenvalue weighted by molar-refractivity contribution is 5.75. The molecule has 0 aliphatic heterocycles. The average molecular weight is 255 g/mol. The number of rotatable bonds is 8. The molecular formula is C15H29NO2. The Labute approximate surface area is 111 Å². The summed E-state index contributed by atoms with van der Waals surface area (Å²) in [7, 11) is 0. The molecule has 0 saturated heterocycles. The summed E-state index contributed by atoms with van der Waals surface area (Å²) in [6.45, 7) is 2.45. The highest BCUT2D eigenvalue weighted by Gasteiger charge is 2.13. The third-order valence-electron chi connectivity index (χ3n) is 3.90. The monoisotopic (exact) mass is 255 g/mol. The van der Waals surface area contributed by atoms with Gasteiger partial charge >= 0.3 is 0 Å². The fourth-order valence-corrected chi connectivity index (χ4v) is 2.78. The molecule has 1 unspecified atom stereocenters. The Morgan fingerprint density at radius 1 is 1.33 bits per heavy atom. The van der Waals surface area contributed by atoms with Gasteiger partial charge in [-0.15, -0.1) is 0 Å². The quantitative estimate of drug-likeness (QED) is 0.700. The largest absolute Gasteiger partial charge is 0.391 e. The molecule has 0 spiro atoms. The van der Waals surface area contributed by atoms with Gasteiger partial charge in [-0.25, -0.2) is 0 Å². The lowest BCUT2D eigenvalue weighted by Crippen LogP contribution is -2.31. The number of aliphatic hydroxyl groups is 1. The topological polar surface area (TPSA) is 49.3 Å². The number of amides is 1. The Morgan fingerprint density at radius 3 is 2.72 bits per heavy atom. The standard InChI is InChI=1S/C15H29NO2/c1-2-7-14(17)12-16-15(18)11-6-10-13-8-4-3-5-9-13/h13-14,17H,2-12H2,1H3,(H,16,18). The van der Waals surface area contributed by atoms with Crippen LogP contribution in [0.5, 0.6) is 0 Å². The highest BCUT2D eigenvalue weighted by atomic mass is 16.3. The molecule has 1 fully saturated rings. The summed E-state index contributed by atoms with van der Waals surface area (Å²) in [6, 6.07) is 0. The Kier molecular flexibility index (Phi) is 8.06. The van der Waals surface area contributed by atoms with E-state index in [4.69, 9.17) is 0 Å². The van der Waals surface area contributed by atoms with E-state index in [9.17, 15) is 9.90 Å². The van der Waals surface area contributed by atoms with Crippen molar-refractivity contribution < 1.29 is 9.90 Å². The first kappa shape index (κ1) is 15.5. The molecule has 2 N–H and O–H groups in total. The summed E-state index contributed by atoms with van der Waals surface area (Å²) in [5.41, 5.74) is 0. The van der Waals surface area contributed by atoms with Crippen LogP contribution in [0.15, 0.2) is 0 Å². The van der Waals surface area contributed by atoms with E-state index in [1.54, 1.807) is 0 Å². The van der Waals surface area contributed by atoms with Crippen molar-refractivity contribution in [2.24, 2.45) is 5.92 Å². The van der Waals surface area contributed by atoms with Crippen molar-refractivity contribution in [3.8, 4) is 0 Å². The van der Waals surface area contributed by atoms with Crippen molar-refractivity contribution in [2.75, 3.05) is 6.54 Å². The number of carbonyl (C=O) groups is 1. The summed E-state index contributed by atoms with van der Waals surface area (Å²) in [5.74, 6) is 0.957. The second kappa shape index (κ2) is 9.37. The third-order valence-corrected chi connectivity index (χ3v) is 3.90. The van der Waals surface area contributed by atoms with Gasteiger partial charge in [0.15, 0.2) is 0 Å². The van der Waals surface area contributed by atoms with Crippen molar-refractivity contribution in [3.05, 3.63) is 0 Å². The lowest BCUT2D eigenvalue weighted by atomic mass is 9.86. The van der Waals surface area contributed by atoms with E-state index in [2.05, 4.69) is 5.32 Å². The van der Waals surface area contributed by atoms with Gasteiger partial charge in [0.05, 0.1) is 6.10 Å². The van der Waals surface area contributed by atoms with Crippen molar-refractivity contribution in [2.45, 2.75) is 77.2 Å². The Bertz CT molecular complexity index is 225. The molecule has 1 atom stereocenters. The Balaban J connectivity index is 1.99. The fourth-order valence-electron chi connectivity index (χ4n) is 2.78. The summed E-state index contributed by atoms with van der Waals surface area (Å²) in [6.07, 6.45) is 11.0. The maximum absolute atomic E-state index is 11.6. The fraction of sp³-hybridized carbons (Fsp3) is 0.933. The molecule has 3 heteroatoms. The van der Waals surface area contributed by atoms with Gasteiger partial charge in [-0.3, -0.25) is 4.79 Å². The molecule has 106 valence electrons. The van der Waals surface area contributed by atoms with E-state index in [0.717, 1.165) is 25.2 Å². The predicted molar refractivity (Wildman–Crippen MR) is 74.4 cm³/mol. The van der Waals surface area contributed by atoms with E-state index < -0.39 is 0 Å². The van der Waals surface area contributed by atoms with Crippen LogP contribution >= 0.6 is 0 Å². The van der Waals surface area contributed by atoms with Crippen LogP contribution in [0.4, 0.5) is 0 Å². The van der Waals surface area contributed by atoms with E-state index >= 15 is 0 Å². The van der Waals surface area contributed by atoms with E-state index in [1.807, 2.05) is 6.92 Å². The molecule has 1 amide bonds. The van der Waals surface area contributed by atoms with Gasteiger partial charge in [-0.1, -0.05) is 45.4 Å². The molecule has 1 aliphatic rings. The zero-order valence-corrected chi connectivity index (χ0v) is 11.8. The van der Waals surface area contributed by atoms with E-state index in [1.165, 1.54) is 38.5 Å².